The molecule has 0 N–H and O–H groups in total. The van der Waals surface area contributed by atoms with Gasteiger partial charge >= 0.3 is 0 Å². The standard InChI is InChI=1S/C18H23NO4Si/c1-18(2,3)24(4,5)23-13-9-8-12-22-19-16(20)14-10-6-7-11-15(14)17(19)21/h6-7,10-11H,12-13H2,1-5H3. The molecular formula is C18H23NO4Si. The van der Waals surface area contributed by atoms with Gasteiger partial charge in [-0.25, -0.2) is 4.84 Å². The monoisotopic (exact) mass is 345 g/mol. The first-order valence-corrected chi connectivity index (χ1v) is 10.8. The smallest absolute Gasteiger partial charge is 0.285 e. The van der Waals surface area contributed by atoms with E-state index in [2.05, 4.69) is 45.7 Å². The molecular weight excluding hydrogens is 322 g/mol. The highest BCUT2D eigenvalue weighted by Gasteiger charge is 2.37. The zero-order valence-electron chi connectivity index (χ0n) is 14.8. The Hall–Kier alpha value is -1.94. The van der Waals surface area contributed by atoms with Crippen molar-refractivity contribution in [3.63, 3.8) is 0 Å². The lowest BCUT2D eigenvalue weighted by atomic mass is 10.1. The molecule has 1 aromatic carbocycles. The summed E-state index contributed by atoms with van der Waals surface area (Å²) in [5.41, 5.74) is 0.716. The molecule has 6 heteroatoms. The van der Waals surface area contributed by atoms with E-state index in [0.717, 1.165) is 5.06 Å². The molecule has 2 rings (SSSR count). The number of rotatable bonds is 4. The minimum absolute atomic E-state index is 0.0354. The van der Waals surface area contributed by atoms with Crippen molar-refractivity contribution in [3.05, 3.63) is 35.4 Å². The van der Waals surface area contributed by atoms with Crippen LogP contribution < -0.4 is 0 Å². The minimum Gasteiger partial charge on any atom is -0.406 e. The molecule has 0 spiro atoms. The van der Waals surface area contributed by atoms with E-state index in [-0.39, 0.29) is 11.6 Å². The molecule has 128 valence electrons. The van der Waals surface area contributed by atoms with Gasteiger partial charge in [0.05, 0.1) is 17.7 Å². The number of carbonyl (C=O) groups excluding carboxylic acids is 2. The zero-order valence-corrected chi connectivity index (χ0v) is 15.8. The minimum atomic E-state index is -1.82. The summed E-state index contributed by atoms with van der Waals surface area (Å²) in [4.78, 5) is 29.4. The maximum atomic E-state index is 12.1. The molecule has 0 fully saturated rings. The fourth-order valence-corrected chi connectivity index (χ4v) is 2.78. The molecule has 0 unspecified atom stereocenters. The molecule has 0 atom stereocenters. The van der Waals surface area contributed by atoms with Crippen molar-refractivity contribution in [2.24, 2.45) is 0 Å². The average Bonchev–Trinajstić information content (AvgIpc) is 2.74. The van der Waals surface area contributed by atoms with Crippen LogP contribution in [0.4, 0.5) is 0 Å². The number of imide groups is 1. The van der Waals surface area contributed by atoms with Crippen LogP contribution >= 0.6 is 0 Å². The van der Waals surface area contributed by atoms with Gasteiger partial charge in [-0.3, -0.25) is 9.59 Å². The third-order valence-electron chi connectivity index (χ3n) is 4.46. The summed E-state index contributed by atoms with van der Waals surface area (Å²) in [5, 5.41) is 0.902. The quantitative estimate of drug-likeness (QED) is 0.477. The Kier molecular flexibility index (Phi) is 5.28. The Morgan fingerprint density at radius 1 is 1.00 bits per heavy atom. The highest BCUT2D eigenvalue weighted by Crippen LogP contribution is 2.36. The molecule has 0 saturated heterocycles. The van der Waals surface area contributed by atoms with Crippen LogP contribution in [0.3, 0.4) is 0 Å². The van der Waals surface area contributed by atoms with Crippen molar-refractivity contribution in [3.8, 4) is 11.8 Å². The summed E-state index contributed by atoms with van der Waals surface area (Å²) < 4.78 is 5.92. The maximum absolute atomic E-state index is 12.1. The van der Waals surface area contributed by atoms with Gasteiger partial charge in [0.2, 0.25) is 0 Å². The Balaban J connectivity index is 1.85. The summed E-state index contributed by atoms with van der Waals surface area (Å²) in [6.45, 7) is 11.1. The van der Waals surface area contributed by atoms with Crippen LogP contribution in [-0.2, 0) is 9.26 Å². The van der Waals surface area contributed by atoms with Gasteiger partial charge in [0.25, 0.3) is 11.8 Å². The molecule has 1 aliphatic heterocycles. The summed E-state index contributed by atoms with van der Waals surface area (Å²) in [6.07, 6.45) is 0. The molecule has 0 bridgehead atoms. The first-order valence-electron chi connectivity index (χ1n) is 7.85. The molecule has 24 heavy (non-hydrogen) atoms. The van der Waals surface area contributed by atoms with E-state index in [1.807, 2.05) is 0 Å². The summed E-state index contributed by atoms with van der Waals surface area (Å²) in [7, 11) is -1.82. The van der Waals surface area contributed by atoms with E-state index in [4.69, 9.17) is 9.26 Å². The Morgan fingerprint density at radius 3 is 2.00 bits per heavy atom. The Labute approximate surface area is 144 Å². The van der Waals surface area contributed by atoms with E-state index in [9.17, 15) is 9.59 Å². The lowest BCUT2D eigenvalue weighted by molar-refractivity contribution is -0.0782. The van der Waals surface area contributed by atoms with Gasteiger partial charge < -0.3 is 4.43 Å². The second kappa shape index (κ2) is 6.89. The van der Waals surface area contributed by atoms with Gasteiger partial charge in [-0.15, -0.1) is 5.06 Å². The zero-order chi connectivity index (χ0) is 18.0. The lowest BCUT2D eigenvalue weighted by Gasteiger charge is -2.35. The summed E-state index contributed by atoms with van der Waals surface area (Å²) >= 11 is 0. The van der Waals surface area contributed by atoms with E-state index < -0.39 is 20.1 Å². The molecule has 2 amide bonds. The molecule has 0 saturated carbocycles. The third kappa shape index (κ3) is 3.75. The van der Waals surface area contributed by atoms with Crippen molar-refractivity contribution in [2.45, 2.75) is 38.9 Å². The van der Waals surface area contributed by atoms with Crippen molar-refractivity contribution in [1.29, 1.82) is 0 Å². The van der Waals surface area contributed by atoms with Crippen molar-refractivity contribution in [1.82, 2.24) is 5.06 Å². The van der Waals surface area contributed by atoms with Gasteiger partial charge in [0.1, 0.15) is 6.61 Å². The number of benzene rings is 1. The first-order chi connectivity index (χ1) is 11.1. The molecule has 5 nitrogen and oxygen atoms in total. The van der Waals surface area contributed by atoms with Gasteiger partial charge in [0, 0.05) is 0 Å². The molecule has 0 aliphatic carbocycles. The number of carbonyl (C=O) groups is 2. The highest BCUT2D eigenvalue weighted by molar-refractivity contribution is 6.74. The topological polar surface area (TPSA) is 55.8 Å². The predicted octanol–water partition coefficient (Wildman–Crippen LogP) is 3.24. The second-order valence-corrected chi connectivity index (χ2v) is 11.9. The van der Waals surface area contributed by atoms with E-state index in [1.165, 1.54) is 0 Å². The van der Waals surface area contributed by atoms with Crippen LogP contribution in [0.5, 0.6) is 0 Å². The van der Waals surface area contributed by atoms with E-state index in [1.54, 1.807) is 24.3 Å². The maximum Gasteiger partial charge on any atom is 0.285 e. The van der Waals surface area contributed by atoms with Gasteiger partial charge in [-0.1, -0.05) is 44.7 Å². The van der Waals surface area contributed by atoms with E-state index in [0.29, 0.717) is 17.7 Å². The second-order valence-electron chi connectivity index (χ2n) is 7.13. The van der Waals surface area contributed by atoms with Crippen LogP contribution in [0.25, 0.3) is 0 Å². The Morgan fingerprint density at radius 2 is 1.50 bits per heavy atom. The third-order valence-corrected chi connectivity index (χ3v) is 8.94. The van der Waals surface area contributed by atoms with Crippen LogP contribution in [0.15, 0.2) is 24.3 Å². The SMILES string of the molecule is CC(C)(C)[Si](C)(C)OCC#CCON1C(=O)c2ccccc2C1=O. The van der Waals surface area contributed by atoms with Crippen molar-refractivity contribution >= 4 is 20.1 Å². The number of hydroxylamine groups is 2. The molecule has 0 aromatic heterocycles. The highest BCUT2D eigenvalue weighted by atomic mass is 28.4. The lowest BCUT2D eigenvalue weighted by Crippen LogP contribution is -2.40. The summed E-state index contributed by atoms with van der Waals surface area (Å²) in [5.74, 6) is 4.76. The van der Waals surface area contributed by atoms with Crippen LogP contribution in [0, 0.1) is 11.8 Å². The largest absolute Gasteiger partial charge is 0.406 e. The molecule has 1 aromatic rings. The first kappa shape index (κ1) is 18.4. The molecule has 0 radical (unpaired) electrons. The predicted molar refractivity (Wildman–Crippen MR) is 93.8 cm³/mol. The number of hydrogen-bond acceptors (Lipinski definition) is 4. The average molecular weight is 345 g/mol. The Bertz CT molecular complexity index is 675. The normalized spacial score (nSPS) is 14.5. The number of nitrogens with zero attached hydrogens (tertiary/aromatic N) is 1. The number of fused-ring (bicyclic) bond motifs is 1. The van der Waals surface area contributed by atoms with Crippen LogP contribution in [-0.4, -0.2) is 38.4 Å². The number of hydrogen-bond donors (Lipinski definition) is 0. The van der Waals surface area contributed by atoms with Gasteiger partial charge in [-0.05, 0) is 30.3 Å². The molecule has 1 aliphatic rings. The summed E-state index contributed by atoms with van der Waals surface area (Å²) in [6, 6.07) is 6.65. The van der Waals surface area contributed by atoms with Gasteiger partial charge in [-0.2, -0.15) is 0 Å². The van der Waals surface area contributed by atoms with E-state index >= 15 is 0 Å². The molecule has 1 heterocycles. The van der Waals surface area contributed by atoms with Crippen molar-refractivity contribution < 1.29 is 18.9 Å². The fraction of sp³-hybridized carbons (Fsp3) is 0.444. The number of amides is 2. The fourth-order valence-electron chi connectivity index (χ4n) is 1.92. The van der Waals surface area contributed by atoms with Gasteiger partial charge in [0.15, 0.2) is 8.32 Å². The van der Waals surface area contributed by atoms with Crippen LogP contribution in [0.2, 0.25) is 18.1 Å². The van der Waals surface area contributed by atoms with Crippen LogP contribution in [0.1, 0.15) is 41.5 Å². The van der Waals surface area contributed by atoms with Crippen molar-refractivity contribution in [2.75, 3.05) is 13.2 Å².